The molecule has 90 valence electrons. The average molecular weight is 261 g/mol. The zero-order valence-electron chi connectivity index (χ0n) is 10.0. The van der Waals surface area contributed by atoms with Crippen molar-refractivity contribution in [3.8, 4) is 0 Å². The van der Waals surface area contributed by atoms with Crippen molar-refractivity contribution >= 4 is 19.7 Å². The molecule has 0 heterocycles. The predicted octanol–water partition coefficient (Wildman–Crippen LogP) is 3.19. The van der Waals surface area contributed by atoms with Crippen LogP contribution in [-0.2, 0) is 15.5 Å². The molecule has 0 saturated carbocycles. The maximum Gasteiger partial charge on any atom is 0.238 e. The molecule has 0 unspecified atom stereocenters. The second kappa shape index (κ2) is 4.38. The summed E-state index contributed by atoms with van der Waals surface area (Å²) in [6, 6.07) is 6.00. The Balaban J connectivity index is 3.06. The molecule has 1 aromatic carbocycles. The van der Waals surface area contributed by atoms with Crippen molar-refractivity contribution in [2.75, 3.05) is 0 Å². The molecule has 4 heteroatoms. The van der Waals surface area contributed by atoms with Crippen LogP contribution < -0.4 is 0 Å². The van der Waals surface area contributed by atoms with Crippen molar-refractivity contribution < 1.29 is 8.42 Å². The summed E-state index contributed by atoms with van der Waals surface area (Å²) in [7, 11) is 1.88. The van der Waals surface area contributed by atoms with Gasteiger partial charge in [0.15, 0.2) is 0 Å². The molecule has 0 N–H and O–H groups in total. The summed E-state index contributed by atoms with van der Waals surface area (Å²) < 4.78 is 21.9. The van der Waals surface area contributed by atoms with Gasteiger partial charge in [-0.3, -0.25) is 0 Å². The number of benzene rings is 1. The van der Waals surface area contributed by atoms with Gasteiger partial charge in [0.05, 0.1) is 4.75 Å². The molecule has 0 amide bonds. The van der Waals surface area contributed by atoms with Gasteiger partial charge in [-0.25, -0.2) is 8.42 Å². The van der Waals surface area contributed by atoms with Crippen molar-refractivity contribution in [2.24, 2.45) is 0 Å². The highest BCUT2D eigenvalue weighted by Gasteiger charge is 2.33. The van der Waals surface area contributed by atoms with E-state index < -0.39 is 13.8 Å². The first-order valence-corrected chi connectivity index (χ1v) is 7.45. The molecule has 0 fully saturated rings. The molecular formula is C12H17ClO2S. The highest BCUT2D eigenvalue weighted by molar-refractivity contribution is 8.14. The van der Waals surface area contributed by atoms with Crippen molar-refractivity contribution in [3.63, 3.8) is 0 Å². The second-order valence-corrected chi connectivity index (χ2v) is 8.00. The Labute approximate surface area is 102 Å². The summed E-state index contributed by atoms with van der Waals surface area (Å²) in [6.07, 6.45) is 0.435. The van der Waals surface area contributed by atoms with E-state index in [1.165, 1.54) is 5.56 Å². The number of rotatable bonds is 3. The average Bonchev–Trinajstić information content (AvgIpc) is 2.08. The van der Waals surface area contributed by atoms with Crippen LogP contribution in [0.5, 0.6) is 0 Å². The lowest BCUT2D eigenvalue weighted by Gasteiger charge is -2.21. The summed E-state index contributed by atoms with van der Waals surface area (Å²) >= 11 is 0. The Kier molecular flexibility index (Phi) is 3.70. The largest absolute Gasteiger partial charge is 0.238 e. The molecule has 2 nitrogen and oxygen atoms in total. The third kappa shape index (κ3) is 2.98. The second-order valence-electron chi connectivity index (χ2n) is 4.80. The monoisotopic (exact) mass is 260 g/mol. The van der Waals surface area contributed by atoms with E-state index >= 15 is 0 Å². The van der Waals surface area contributed by atoms with Crippen LogP contribution in [-0.4, -0.2) is 13.2 Å². The van der Waals surface area contributed by atoms with Gasteiger partial charge in [0.25, 0.3) is 0 Å². The molecule has 16 heavy (non-hydrogen) atoms. The summed E-state index contributed by atoms with van der Waals surface area (Å²) in [5.74, 6) is 0. The minimum atomic E-state index is -3.56. The normalized spacial score (nSPS) is 12.8. The van der Waals surface area contributed by atoms with Crippen LogP contribution in [0.1, 0.15) is 30.5 Å². The summed E-state index contributed by atoms with van der Waals surface area (Å²) in [5, 5.41) is 0. The van der Waals surface area contributed by atoms with E-state index in [1.807, 2.05) is 32.0 Å². The molecule has 0 aromatic heterocycles. The van der Waals surface area contributed by atoms with Gasteiger partial charge in [-0.2, -0.15) is 0 Å². The van der Waals surface area contributed by atoms with Gasteiger partial charge in [0, 0.05) is 10.7 Å². The molecule has 0 bridgehead atoms. The summed E-state index contributed by atoms with van der Waals surface area (Å²) in [5.41, 5.74) is 3.31. The lowest BCUT2D eigenvalue weighted by atomic mass is 9.97. The lowest BCUT2D eigenvalue weighted by Crippen LogP contribution is -2.30. The minimum absolute atomic E-state index is 0.435. The fourth-order valence-corrected chi connectivity index (χ4v) is 2.08. The molecule has 0 spiro atoms. The first-order chi connectivity index (χ1) is 7.13. The Morgan fingerprint density at radius 3 is 2.25 bits per heavy atom. The topological polar surface area (TPSA) is 34.1 Å². The number of hydrogen-bond donors (Lipinski definition) is 0. The third-order valence-electron chi connectivity index (χ3n) is 2.77. The van der Waals surface area contributed by atoms with E-state index in [4.69, 9.17) is 10.7 Å². The smallest absolute Gasteiger partial charge is 0.212 e. The fourth-order valence-electron chi connectivity index (χ4n) is 1.59. The molecule has 0 aliphatic heterocycles. The van der Waals surface area contributed by atoms with E-state index in [0.717, 1.165) is 11.1 Å². The van der Waals surface area contributed by atoms with Crippen molar-refractivity contribution in [1.82, 2.24) is 0 Å². The highest BCUT2D eigenvalue weighted by Crippen LogP contribution is 2.27. The van der Waals surface area contributed by atoms with E-state index in [2.05, 4.69) is 0 Å². The van der Waals surface area contributed by atoms with E-state index in [0.29, 0.717) is 6.42 Å². The molecule has 1 aromatic rings. The van der Waals surface area contributed by atoms with Gasteiger partial charge in [-0.05, 0) is 45.2 Å². The van der Waals surface area contributed by atoms with Crippen LogP contribution >= 0.6 is 10.7 Å². The van der Waals surface area contributed by atoms with Crippen molar-refractivity contribution in [3.05, 3.63) is 34.9 Å². The number of halogens is 1. The molecule has 0 radical (unpaired) electrons. The van der Waals surface area contributed by atoms with E-state index in [-0.39, 0.29) is 0 Å². The summed E-state index contributed by atoms with van der Waals surface area (Å²) in [4.78, 5) is 0. The van der Waals surface area contributed by atoms with Crippen molar-refractivity contribution in [1.29, 1.82) is 0 Å². The van der Waals surface area contributed by atoms with Crippen LogP contribution in [0.25, 0.3) is 0 Å². The molecular weight excluding hydrogens is 244 g/mol. The number of hydrogen-bond acceptors (Lipinski definition) is 2. The highest BCUT2D eigenvalue weighted by atomic mass is 35.7. The third-order valence-corrected chi connectivity index (χ3v) is 5.49. The first kappa shape index (κ1) is 13.5. The lowest BCUT2D eigenvalue weighted by molar-refractivity contribution is 0.558. The van der Waals surface area contributed by atoms with Gasteiger partial charge < -0.3 is 0 Å². The van der Waals surface area contributed by atoms with E-state index in [1.54, 1.807) is 13.8 Å². The Morgan fingerprint density at radius 2 is 1.81 bits per heavy atom. The zero-order valence-corrected chi connectivity index (χ0v) is 11.6. The van der Waals surface area contributed by atoms with Gasteiger partial charge in [-0.15, -0.1) is 0 Å². The SMILES string of the molecule is Cc1ccc(CC(C)(C)S(=O)(=O)Cl)c(C)c1. The van der Waals surface area contributed by atoms with Crippen LogP contribution in [0, 0.1) is 13.8 Å². The zero-order chi connectivity index (χ0) is 12.6. The Bertz CT molecular complexity index is 490. The predicted molar refractivity (Wildman–Crippen MR) is 68.5 cm³/mol. The van der Waals surface area contributed by atoms with Crippen LogP contribution in [0.4, 0.5) is 0 Å². The maximum atomic E-state index is 11.4. The maximum absolute atomic E-state index is 11.4. The van der Waals surface area contributed by atoms with Gasteiger partial charge in [-0.1, -0.05) is 23.8 Å². The molecule has 0 saturated heterocycles. The van der Waals surface area contributed by atoms with E-state index in [9.17, 15) is 8.42 Å². The van der Waals surface area contributed by atoms with Gasteiger partial charge in [0.2, 0.25) is 9.05 Å². The standard InChI is InChI=1S/C12H17ClO2S/c1-9-5-6-11(10(2)7-9)8-12(3,4)16(13,14)15/h5-7H,8H2,1-4H3. The Hall–Kier alpha value is -0.540. The molecule has 1 rings (SSSR count). The minimum Gasteiger partial charge on any atom is -0.212 e. The van der Waals surface area contributed by atoms with Gasteiger partial charge in [0.1, 0.15) is 0 Å². The van der Waals surface area contributed by atoms with Crippen LogP contribution in [0.3, 0.4) is 0 Å². The molecule has 0 aliphatic carbocycles. The summed E-state index contributed by atoms with van der Waals surface area (Å²) in [6.45, 7) is 7.29. The Morgan fingerprint density at radius 1 is 1.25 bits per heavy atom. The first-order valence-electron chi connectivity index (χ1n) is 5.14. The van der Waals surface area contributed by atoms with Crippen LogP contribution in [0.2, 0.25) is 0 Å². The molecule has 0 atom stereocenters. The quantitative estimate of drug-likeness (QED) is 0.783. The van der Waals surface area contributed by atoms with Crippen LogP contribution in [0.15, 0.2) is 18.2 Å². The fraction of sp³-hybridized carbons (Fsp3) is 0.500. The number of aryl methyl sites for hydroxylation is 2. The molecule has 0 aliphatic rings. The van der Waals surface area contributed by atoms with Gasteiger partial charge >= 0.3 is 0 Å². The van der Waals surface area contributed by atoms with Crippen molar-refractivity contribution in [2.45, 2.75) is 38.9 Å².